The van der Waals surface area contributed by atoms with Crippen LogP contribution in [0.5, 0.6) is 0 Å². The highest BCUT2D eigenvalue weighted by Crippen LogP contribution is 2.20. The number of benzene rings is 1. The highest BCUT2D eigenvalue weighted by atomic mass is 16.4. The summed E-state index contributed by atoms with van der Waals surface area (Å²) >= 11 is 0. The van der Waals surface area contributed by atoms with Gasteiger partial charge in [-0.2, -0.15) is 0 Å². The lowest BCUT2D eigenvalue weighted by molar-refractivity contribution is 0.0699. The van der Waals surface area contributed by atoms with E-state index in [0.29, 0.717) is 29.7 Å². The van der Waals surface area contributed by atoms with Crippen molar-refractivity contribution in [2.75, 3.05) is 11.9 Å². The lowest BCUT2D eigenvalue weighted by Gasteiger charge is -2.07. The van der Waals surface area contributed by atoms with Crippen molar-refractivity contribution in [3.05, 3.63) is 35.9 Å². The van der Waals surface area contributed by atoms with Gasteiger partial charge < -0.3 is 10.4 Å². The van der Waals surface area contributed by atoms with Crippen molar-refractivity contribution in [3.8, 4) is 12.3 Å². The lowest BCUT2D eigenvalue weighted by atomic mass is 10.1. The molecule has 0 fully saturated rings. The zero-order valence-corrected chi connectivity index (χ0v) is 9.68. The Morgan fingerprint density at radius 1 is 1.44 bits per heavy atom. The number of hydrogen-bond acceptors (Lipinski definition) is 3. The number of anilines is 1. The molecule has 18 heavy (non-hydrogen) atoms. The van der Waals surface area contributed by atoms with Crippen molar-refractivity contribution in [1.82, 2.24) is 4.98 Å². The van der Waals surface area contributed by atoms with E-state index in [2.05, 4.69) is 16.2 Å². The molecule has 0 unspecified atom stereocenters. The predicted molar refractivity (Wildman–Crippen MR) is 70.6 cm³/mol. The molecule has 0 aliphatic carbocycles. The maximum Gasteiger partial charge on any atom is 0.336 e. The summed E-state index contributed by atoms with van der Waals surface area (Å²) < 4.78 is 0. The molecule has 0 aliphatic heterocycles. The normalized spacial score (nSPS) is 9.94. The fourth-order valence-electron chi connectivity index (χ4n) is 1.71. The number of carboxylic acid groups (broad SMARTS) is 1. The minimum atomic E-state index is -0.964. The fraction of sp³-hybridized carbons (Fsp3) is 0.143. The van der Waals surface area contributed by atoms with Crippen LogP contribution in [0.1, 0.15) is 16.8 Å². The number of carbonyl (C=O) groups is 1. The molecule has 4 nitrogen and oxygen atoms in total. The molecule has 0 saturated carbocycles. The number of nitrogens with zero attached hydrogens (tertiary/aromatic N) is 1. The zero-order chi connectivity index (χ0) is 13.0. The van der Waals surface area contributed by atoms with E-state index in [9.17, 15) is 9.90 Å². The molecule has 1 aromatic heterocycles. The first-order valence-electron chi connectivity index (χ1n) is 5.53. The molecule has 4 heteroatoms. The van der Waals surface area contributed by atoms with Crippen LogP contribution in [0.15, 0.2) is 30.3 Å². The third-order valence-corrected chi connectivity index (χ3v) is 2.52. The molecular weight excluding hydrogens is 228 g/mol. The SMILES string of the molecule is C#CCCNc1cc(C(=O)O)c2ccccc2n1. The van der Waals surface area contributed by atoms with E-state index in [1.165, 1.54) is 6.07 Å². The molecule has 0 radical (unpaired) electrons. The van der Waals surface area contributed by atoms with Crippen LogP contribution >= 0.6 is 0 Å². The predicted octanol–water partition coefficient (Wildman–Crippen LogP) is 2.37. The monoisotopic (exact) mass is 240 g/mol. The summed E-state index contributed by atoms with van der Waals surface area (Å²) in [6, 6.07) is 8.68. The van der Waals surface area contributed by atoms with Gasteiger partial charge >= 0.3 is 5.97 Å². The Kier molecular flexibility index (Phi) is 3.44. The number of rotatable bonds is 4. The summed E-state index contributed by atoms with van der Waals surface area (Å²) in [6.07, 6.45) is 5.72. The number of para-hydroxylation sites is 1. The van der Waals surface area contributed by atoms with Crippen molar-refractivity contribution < 1.29 is 9.90 Å². The Hall–Kier alpha value is -2.54. The van der Waals surface area contributed by atoms with Gasteiger partial charge in [-0.15, -0.1) is 12.3 Å². The molecular formula is C14H12N2O2. The summed E-state index contributed by atoms with van der Waals surface area (Å²) in [6.45, 7) is 0.570. The third-order valence-electron chi connectivity index (χ3n) is 2.52. The summed E-state index contributed by atoms with van der Waals surface area (Å²) in [5, 5.41) is 12.8. The standard InChI is InChI=1S/C14H12N2O2/c1-2-3-8-15-13-9-11(14(17)18)10-6-4-5-7-12(10)16-13/h1,4-7,9H,3,8H2,(H,15,16)(H,17,18). The van der Waals surface area contributed by atoms with E-state index < -0.39 is 5.97 Å². The quantitative estimate of drug-likeness (QED) is 0.636. The van der Waals surface area contributed by atoms with Gasteiger partial charge in [-0.25, -0.2) is 9.78 Å². The second kappa shape index (κ2) is 5.19. The Labute approximate surface area is 105 Å². The number of aromatic nitrogens is 1. The largest absolute Gasteiger partial charge is 0.478 e. The maximum absolute atomic E-state index is 11.2. The maximum atomic E-state index is 11.2. The first-order valence-corrected chi connectivity index (χ1v) is 5.53. The van der Waals surface area contributed by atoms with Gasteiger partial charge in [-0.05, 0) is 12.1 Å². The van der Waals surface area contributed by atoms with Crippen LogP contribution in [0.3, 0.4) is 0 Å². The second-order valence-electron chi connectivity index (χ2n) is 3.76. The van der Waals surface area contributed by atoms with Crippen LogP contribution in [0, 0.1) is 12.3 Å². The van der Waals surface area contributed by atoms with Gasteiger partial charge in [-0.1, -0.05) is 18.2 Å². The van der Waals surface area contributed by atoms with Gasteiger partial charge in [0.05, 0.1) is 11.1 Å². The molecule has 0 spiro atoms. The molecule has 2 N–H and O–H groups in total. The van der Waals surface area contributed by atoms with Crippen LogP contribution < -0.4 is 5.32 Å². The summed E-state index contributed by atoms with van der Waals surface area (Å²) in [4.78, 5) is 15.6. The molecule has 0 atom stereocenters. The molecule has 2 aromatic rings. The van der Waals surface area contributed by atoms with Gasteiger partial charge in [0, 0.05) is 18.4 Å². The molecule has 90 valence electrons. The topological polar surface area (TPSA) is 62.2 Å². The van der Waals surface area contributed by atoms with E-state index >= 15 is 0 Å². The van der Waals surface area contributed by atoms with E-state index in [4.69, 9.17) is 6.42 Å². The van der Waals surface area contributed by atoms with E-state index in [-0.39, 0.29) is 5.56 Å². The number of terminal acetylenes is 1. The summed E-state index contributed by atoms with van der Waals surface area (Å²) in [7, 11) is 0. The second-order valence-corrected chi connectivity index (χ2v) is 3.76. The van der Waals surface area contributed by atoms with Crippen LogP contribution in [0.25, 0.3) is 10.9 Å². The molecule has 2 rings (SSSR count). The molecule has 1 aromatic carbocycles. The number of fused-ring (bicyclic) bond motifs is 1. The van der Waals surface area contributed by atoms with Gasteiger partial charge in [0.1, 0.15) is 5.82 Å². The van der Waals surface area contributed by atoms with E-state index in [1.54, 1.807) is 18.2 Å². The zero-order valence-electron chi connectivity index (χ0n) is 9.68. The fourth-order valence-corrected chi connectivity index (χ4v) is 1.71. The van der Waals surface area contributed by atoms with E-state index in [1.807, 2.05) is 6.07 Å². The van der Waals surface area contributed by atoms with Gasteiger partial charge in [0.15, 0.2) is 0 Å². The smallest absolute Gasteiger partial charge is 0.336 e. The van der Waals surface area contributed by atoms with Gasteiger partial charge in [0.2, 0.25) is 0 Å². The Bertz CT molecular complexity index is 629. The van der Waals surface area contributed by atoms with Crippen molar-refractivity contribution >= 4 is 22.7 Å². The van der Waals surface area contributed by atoms with Crippen molar-refractivity contribution in [2.24, 2.45) is 0 Å². The highest BCUT2D eigenvalue weighted by Gasteiger charge is 2.10. The number of carboxylic acids is 1. The third kappa shape index (κ3) is 2.41. The first kappa shape index (κ1) is 11.9. The van der Waals surface area contributed by atoms with Crippen LogP contribution in [-0.2, 0) is 0 Å². The number of aromatic carboxylic acids is 1. The number of hydrogen-bond donors (Lipinski definition) is 2. The van der Waals surface area contributed by atoms with Crippen molar-refractivity contribution in [1.29, 1.82) is 0 Å². The Morgan fingerprint density at radius 2 is 2.22 bits per heavy atom. The van der Waals surface area contributed by atoms with Gasteiger partial charge in [0.25, 0.3) is 0 Å². The minimum absolute atomic E-state index is 0.240. The van der Waals surface area contributed by atoms with Crippen molar-refractivity contribution in [2.45, 2.75) is 6.42 Å². The summed E-state index contributed by atoms with van der Waals surface area (Å²) in [5.41, 5.74) is 0.893. The lowest BCUT2D eigenvalue weighted by Crippen LogP contribution is -2.06. The average Bonchev–Trinajstić information content (AvgIpc) is 2.38. The minimum Gasteiger partial charge on any atom is -0.478 e. The highest BCUT2D eigenvalue weighted by molar-refractivity contribution is 6.03. The van der Waals surface area contributed by atoms with Crippen LogP contribution in [0.2, 0.25) is 0 Å². The molecule has 0 bridgehead atoms. The Morgan fingerprint density at radius 3 is 2.94 bits per heavy atom. The van der Waals surface area contributed by atoms with Gasteiger partial charge in [-0.3, -0.25) is 0 Å². The van der Waals surface area contributed by atoms with Crippen LogP contribution in [-0.4, -0.2) is 22.6 Å². The number of nitrogens with one attached hydrogen (secondary N) is 1. The van der Waals surface area contributed by atoms with Crippen molar-refractivity contribution in [3.63, 3.8) is 0 Å². The average molecular weight is 240 g/mol. The van der Waals surface area contributed by atoms with E-state index in [0.717, 1.165) is 0 Å². The Balaban J connectivity index is 2.44. The molecule has 1 heterocycles. The molecule has 0 saturated heterocycles. The first-order chi connectivity index (χ1) is 8.72. The molecule has 0 aliphatic rings. The summed E-state index contributed by atoms with van der Waals surface area (Å²) in [5.74, 6) is 2.07. The molecule has 0 amide bonds. The van der Waals surface area contributed by atoms with Crippen LogP contribution in [0.4, 0.5) is 5.82 Å². The number of pyridine rings is 1.